The van der Waals surface area contributed by atoms with Crippen LogP contribution in [0.3, 0.4) is 0 Å². The number of nitrogens with one attached hydrogen (secondary N) is 1. The zero-order valence-corrected chi connectivity index (χ0v) is 18.1. The summed E-state index contributed by atoms with van der Waals surface area (Å²) in [5.41, 5.74) is 1.32. The lowest BCUT2D eigenvalue weighted by Crippen LogP contribution is -2.41. The predicted octanol–water partition coefficient (Wildman–Crippen LogP) is 3.14. The number of nitrogens with zero attached hydrogens (tertiary/aromatic N) is 4. The maximum atomic E-state index is 13.1. The predicted molar refractivity (Wildman–Crippen MR) is 117 cm³/mol. The van der Waals surface area contributed by atoms with Crippen LogP contribution in [0.5, 0.6) is 0 Å². The van der Waals surface area contributed by atoms with Crippen LogP contribution in [0.2, 0.25) is 0 Å². The number of carbonyl (C=O) groups is 1. The lowest BCUT2D eigenvalue weighted by Gasteiger charge is -2.32. The molecule has 3 aromatic rings. The third kappa shape index (κ3) is 4.83. The Kier molecular flexibility index (Phi) is 6.15. The summed E-state index contributed by atoms with van der Waals surface area (Å²) in [4.78, 5) is 16.9. The Hall–Kier alpha value is -3.04. The minimum Gasteiger partial charge on any atom is -0.305 e. The van der Waals surface area contributed by atoms with Crippen LogP contribution >= 0.6 is 0 Å². The molecule has 1 atom stereocenters. The van der Waals surface area contributed by atoms with Crippen LogP contribution in [-0.4, -0.2) is 46.0 Å². The molecule has 2 aromatic heterocycles. The molecule has 1 amide bonds. The lowest BCUT2D eigenvalue weighted by atomic mass is 10.1. The maximum absolute atomic E-state index is 13.1. The van der Waals surface area contributed by atoms with Crippen molar-refractivity contribution in [1.82, 2.24) is 19.1 Å². The van der Waals surface area contributed by atoms with Gasteiger partial charge in [-0.05, 0) is 55.7 Å². The van der Waals surface area contributed by atoms with Gasteiger partial charge in [-0.2, -0.15) is 9.40 Å². The van der Waals surface area contributed by atoms with Crippen molar-refractivity contribution in [2.45, 2.75) is 43.7 Å². The number of hydrogen-bond acceptors (Lipinski definition) is 5. The van der Waals surface area contributed by atoms with Gasteiger partial charge in [-0.1, -0.05) is 12.5 Å². The molecule has 1 N–H and O–H groups in total. The van der Waals surface area contributed by atoms with Crippen LogP contribution in [0, 0.1) is 0 Å². The molecule has 0 spiro atoms. The van der Waals surface area contributed by atoms with E-state index in [-0.39, 0.29) is 16.5 Å². The molecular weight excluding hydrogens is 414 g/mol. The molecule has 1 saturated heterocycles. The molecule has 8 nitrogen and oxygen atoms in total. The van der Waals surface area contributed by atoms with Gasteiger partial charge in [-0.25, -0.2) is 8.42 Å². The largest absolute Gasteiger partial charge is 0.305 e. The van der Waals surface area contributed by atoms with E-state index in [1.54, 1.807) is 41.5 Å². The minimum atomic E-state index is -3.64. The zero-order chi connectivity index (χ0) is 21.8. The number of anilines is 1. The van der Waals surface area contributed by atoms with Gasteiger partial charge in [0.1, 0.15) is 0 Å². The second kappa shape index (κ2) is 8.99. The molecule has 1 unspecified atom stereocenters. The summed E-state index contributed by atoms with van der Waals surface area (Å²) in [7, 11) is -3.64. The second-order valence-electron chi connectivity index (χ2n) is 7.70. The van der Waals surface area contributed by atoms with Crippen LogP contribution < -0.4 is 5.32 Å². The standard InChI is InChI=1S/C22H25N5O3S/c1-17-5-2-3-13-27(17)31(29,30)20-7-4-6-19(15-20)22(28)24-21-10-14-26(25-21)16-18-8-11-23-12-9-18/h4,6-12,14-15,17H,2-3,5,13,16H2,1H3,(H,24,25,28). The summed E-state index contributed by atoms with van der Waals surface area (Å²) in [5, 5.41) is 7.10. The van der Waals surface area contributed by atoms with E-state index in [9.17, 15) is 13.2 Å². The number of aromatic nitrogens is 3. The van der Waals surface area contributed by atoms with E-state index < -0.39 is 15.9 Å². The van der Waals surface area contributed by atoms with E-state index in [2.05, 4.69) is 15.4 Å². The van der Waals surface area contributed by atoms with Crippen LogP contribution in [0.15, 0.2) is 66.0 Å². The van der Waals surface area contributed by atoms with Crippen molar-refractivity contribution < 1.29 is 13.2 Å². The summed E-state index contributed by atoms with van der Waals surface area (Å²) in [6.45, 7) is 2.99. The highest BCUT2D eigenvalue weighted by atomic mass is 32.2. The van der Waals surface area contributed by atoms with Crippen molar-refractivity contribution in [2.75, 3.05) is 11.9 Å². The summed E-state index contributed by atoms with van der Waals surface area (Å²) < 4.78 is 29.4. The Labute approximate surface area is 182 Å². The van der Waals surface area contributed by atoms with E-state index in [1.807, 2.05) is 19.1 Å². The first kappa shape index (κ1) is 21.2. The van der Waals surface area contributed by atoms with Crippen molar-refractivity contribution in [3.63, 3.8) is 0 Å². The minimum absolute atomic E-state index is 0.0411. The number of carbonyl (C=O) groups excluding carboxylic acids is 1. The molecule has 1 aliphatic heterocycles. The van der Waals surface area contributed by atoms with Gasteiger partial charge < -0.3 is 5.32 Å². The summed E-state index contributed by atoms with van der Waals surface area (Å²) in [6.07, 6.45) is 7.94. The molecule has 0 bridgehead atoms. The first-order valence-corrected chi connectivity index (χ1v) is 11.7. The summed E-state index contributed by atoms with van der Waals surface area (Å²) >= 11 is 0. The van der Waals surface area contributed by atoms with Crippen molar-refractivity contribution >= 4 is 21.7 Å². The van der Waals surface area contributed by atoms with Gasteiger partial charge in [0.2, 0.25) is 10.0 Å². The molecule has 3 heterocycles. The molecule has 1 aromatic carbocycles. The fraction of sp³-hybridized carbons (Fsp3) is 0.318. The first-order valence-electron chi connectivity index (χ1n) is 10.3. The topological polar surface area (TPSA) is 97.2 Å². The Bertz CT molecular complexity index is 1160. The number of rotatable bonds is 6. The SMILES string of the molecule is CC1CCCCN1S(=O)(=O)c1cccc(C(=O)Nc2ccn(Cc3ccncc3)n2)c1. The van der Waals surface area contributed by atoms with Crippen LogP contribution in [0.25, 0.3) is 0 Å². The number of amides is 1. The zero-order valence-electron chi connectivity index (χ0n) is 17.3. The van der Waals surface area contributed by atoms with Crippen LogP contribution in [0.1, 0.15) is 42.1 Å². The number of piperidine rings is 1. The highest BCUT2D eigenvalue weighted by Crippen LogP contribution is 2.25. The molecule has 0 radical (unpaired) electrons. The summed E-state index contributed by atoms with van der Waals surface area (Å²) in [5.74, 6) is -0.00475. The van der Waals surface area contributed by atoms with Crippen molar-refractivity contribution in [3.8, 4) is 0 Å². The van der Waals surface area contributed by atoms with Gasteiger partial charge in [0, 0.05) is 42.8 Å². The monoisotopic (exact) mass is 439 g/mol. The van der Waals surface area contributed by atoms with Gasteiger partial charge >= 0.3 is 0 Å². The Balaban J connectivity index is 1.47. The number of pyridine rings is 1. The lowest BCUT2D eigenvalue weighted by molar-refractivity contribution is 0.102. The van der Waals surface area contributed by atoms with E-state index in [4.69, 9.17) is 0 Å². The first-order chi connectivity index (χ1) is 14.9. The normalized spacial score (nSPS) is 17.4. The van der Waals surface area contributed by atoms with Gasteiger partial charge in [-0.15, -0.1) is 0 Å². The molecule has 162 valence electrons. The van der Waals surface area contributed by atoms with Crippen molar-refractivity contribution in [1.29, 1.82) is 0 Å². The van der Waals surface area contributed by atoms with Gasteiger partial charge in [0.05, 0.1) is 11.4 Å². The number of benzene rings is 1. The third-order valence-corrected chi connectivity index (χ3v) is 7.43. The Morgan fingerprint density at radius 1 is 1.16 bits per heavy atom. The smallest absolute Gasteiger partial charge is 0.256 e. The quantitative estimate of drug-likeness (QED) is 0.636. The Morgan fingerprint density at radius 3 is 2.74 bits per heavy atom. The fourth-order valence-electron chi connectivity index (χ4n) is 3.74. The van der Waals surface area contributed by atoms with Crippen LogP contribution in [-0.2, 0) is 16.6 Å². The molecule has 1 aliphatic rings. The van der Waals surface area contributed by atoms with Crippen molar-refractivity contribution in [2.24, 2.45) is 0 Å². The van der Waals surface area contributed by atoms with E-state index in [0.29, 0.717) is 18.9 Å². The molecule has 1 fully saturated rings. The average molecular weight is 440 g/mol. The number of hydrogen-bond donors (Lipinski definition) is 1. The average Bonchev–Trinajstić information content (AvgIpc) is 3.21. The molecule has 4 rings (SSSR count). The van der Waals surface area contributed by atoms with Gasteiger partial charge in [0.15, 0.2) is 5.82 Å². The molecule has 0 saturated carbocycles. The molecule has 0 aliphatic carbocycles. The van der Waals surface area contributed by atoms with E-state index in [1.165, 1.54) is 16.4 Å². The highest BCUT2D eigenvalue weighted by molar-refractivity contribution is 7.89. The molecular formula is C22H25N5O3S. The fourth-order valence-corrected chi connectivity index (χ4v) is 5.49. The second-order valence-corrected chi connectivity index (χ2v) is 9.59. The Morgan fingerprint density at radius 2 is 1.97 bits per heavy atom. The van der Waals surface area contributed by atoms with E-state index in [0.717, 1.165) is 24.8 Å². The van der Waals surface area contributed by atoms with Crippen LogP contribution in [0.4, 0.5) is 5.82 Å². The van der Waals surface area contributed by atoms with E-state index >= 15 is 0 Å². The maximum Gasteiger partial charge on any atom is 0.256 e. The summed E-state index contributed by atoms with van der Waals surface area (Å²) in [6, 6.07) is 11.6. The molecule has 31 heavy (non-hydrogen) atoms. The van der Waals surface area contributed by atoms with Gasteiger partial charge in [0.25, 0.3) is 5.91 Å². The van der Waals surface area contributed by atoms with Gasteiger partial charge in [-0.3, -0.25) is 14.5 Å². The highest BCUT2D eigenvalue weighted by Gasteiger charge is 2.31. The third-order valence-electron chi connectivity index (χ3n) is 5.42. The number of sulfonamides is 1. The van der Waals surface area contributed by atoms with Crippen molar-refractivity contribution in [3.05, 3.63) is 72.2 Å². The molecule has 9 heteroatoms.